The number of benzene rings is 7. The fraction of sp³-hybridized carbons (Fsp3) is 0.102. The van der Waals surface area contributed by atoms with Gasteiger partial charge in [0.05, 0.1) is 15.9 Å². The summed E-state index contributed by atoms with van der Waals surface area (Å²) in [5, 5.41) is 5.37. The minimum atomic E-state index is 0.00634. The first-order valence-electron chi connectivity index (χ1n) is 18.9. The minimum Gasteiger partial charge on any atom is -0.374 e. The normalized spacial score (nSPS) is 13.5. The van der Waals surface area contributed by atoms with Gasteiger partial charge in [-0.3, -0.25) is 0 Å². The van der Waals surface area contributed by atoms with Gasteiger partial charge in [-0.2, -0.15) is 0 Å². The summed E-state index contributed by atoms with van der Waals surface area (Å²) in [6.45, 7) is 9.23. The number of nitrogens with zero attached hydrogens (tertiary/aromatic N) is 2. The zero-order valence-electron chi connectivity index (χ0n) is 30.6. The van der Waals surface area contributed by atoms with Gasteiger partial charge in [0.15, 0.2) is 0 Å². The maximum Gasteiger partial charge on any atom is 0.333 e. The van der Waals surface area contributed by atoms with E-state index < -0.39 is 0 Å². The third-order valence-corrected chi connectivity index (χ3v) is 14.3. The lowest BCUT2D eigenvalue weighted by atomic mass is 9.45. The molecule has 0 radical (unpaired) electrons. The number of hydrogen-bond donors (Lipinski definition) is 0. The molecular weight excluding hydrogens is 691 g/mol. The van der Waals surface area contributed by atoms with Crippen LogP contribution in [0.3, 0.4) is 0 Å². The molecule has 0 unspecified atom stereocenters. The lowest BCUT2D eigenvalue weighted by Crippen LogP contribution is -2.56. The van der Waals surface area contributed by atoms with Crippen molar-refractivity contribution in [1.82, 2.24) is 4.48 Å². The molecule has 0 saturated carbocycles. The van der Waals surface area contributed by atoms with Crippen molar-refractivity contribution in [3.05, 3.63) is 151 Å². The van der Waals surface area contributed by atoms with Gasteiger partial charge in [-0.1, -0.05) is 124 Å². The van der Waals surface area contributed by atoms with Gasteiger partial charge in [-0.15, -0.1) is 22.7 Å². The van der Waals surface area contributed by atoms with Crippen LogP contribution >= 0.6 is 22.7 Å². The molecule has 256 valence electrons. The molecule has 0 spiro atoms. The Hall–Kier alpha value is -5.62. The first kappa shape index (κ1) is 30.8. The topological polar surface area (TPSA) is 8.17 Å². The molecule has 0 aliphatic carbocycles. The summed E-state index contributed by atoms with van der Waals surface area (Å²) in [7, 11) is 0. The van der Waals surface area contributed by atoms with Crippen LogP contribution in [-0.4, -0.2) is 11.3 Å². The number of aryl methyl sites for hydroxylation is 1. The molecule has 10 aromatic rings. The second-order valence-corrected chi connectivity index (χ2v) is 18.3. The zero-order chi connectivity index (χ0) is 36.0. The number of aromatic nitrogens is 1. The van der Waals surface area contributed by atoms with Gasteiger partial charge >= 0.3 is 6.85 Å². The van der Waals surface area contributed by atoms with Crippen molar-refractivity contribution in [3.8, 4) is 22.3 Å². The van der Waals surface area contributed by atoms with E-state index in [0.29, 0.717) is 0 Å². The average Bonchev–Trinajstić information content (AvgIpc) is 3.85. The third kappa shape index (κ3) is 4.06. The first-order chi connectivity index (χ1) is 26.3. The smallest absolute Gasteiger partial charge is 0.333 e. The summed E-state index contributed by atoms with van der Waals surface area (Å²) in [6.07, 6.45) is 0. The van der Waals surface area contributed by atoms with Gasteiger partial charge in [-0.25, -0.2) is 0 Å². The third-order valence-electron chi connectivity index (χ3n) is 11.9. The predicted molar refractivity (Wildman–Crippen MR) is 237 cm³/mol. The van der Waals surface area contributed by atoms with Crippen molar-refractivity contribution >= 4 is 109 Å². The lowest BCUT2D eigenvalue weighted by molar-refractivity contribution is 0.590. The molecule has 0 N–H and O–H groups in total. The second kappa shape index (κ2) is 10.8. The van der Waals surface area contributed by atoms with Crippen molar-refractivity contribution < 1.29 is 0 Å². The van der Waals surface area contributed by atoms with Crippen LogP contribution in [0.15, 0.2) is 140 Å². The highest BCUT2D eigenvalue weighted by Crippen LogP contribution is 2.51. The van der Waals surface area contributed by atoms with Crippen molar-refractivity contribution in [1.29, 1.82) is 0 Å². The number of para-hydroxylation sites is 1. The SMILES string of the molecule is Cc1cc2c3c(c1)N(c1ccc(C(C)(C)C)cc1-c1ccccc1)c1cc4sc5ccccc5c4cc1B3n1c3c-2cccc3c2sc3ccccc3c21. The van der Waals surface area contributed by atoms with Crippen molar-refractivity contribution in [2.45, 2.75) is 33.1 Å². The van der Waals surface area contributed by atoms with Crippen LogP contribution in [0.2, 0.25) is 0 Å². The van der Waals surface area contributed by atoms with E-state index in [1.54, 1.807) is 0 Å². The fourth-order valence-electron chi connectivity index (χ4n) is 9.55. The Morgan fingerprint density at radius 2 is 1.26 bits per heavy atom. The highest BCUT2D eigenvalue weighted by molar-refractivity contribution is 7.27. The second-order valence-electron chi connectivity index (χ2n) is 16.2. The molecule has 5 heteroatoms. The molecule has 54 heavy (non-hydrogen) atoms. The molecule has 0 saturated heterocycles. The van der Waals surface area contributed by atoms with E-state index in [1.807, 2.05) is 22.7 Å². The van der Waals surface area contributed by atoms with Crippen LogP contribution in [-0.2, 0) is 5.41 Å². The summed E-state index contributed by atoms with van der Waals surface area (Å²) >= 11 is 3.85. The molecule has 5 heterocycles. The van der Waals surface area contributed by atoms with Crippen LogP contribution in [0.5, 0.6) is 0 Å². The van der Waals surface area contributed by atoms with Crippen LogP contribution in [0.1, 0.15) is 31.9 Å². The highest BCUT2D eigenvalue weighted by atomic mass is 32.1. The number of rotatable bonds is 2. The van der Waals surface area contributed by atoms with E-state index >= 15 is 0 Å². The van der Waals surface area contributed by atoms with Crippen LogP contribution in [0.4, 0.5) is 17.1 Å². The Balaban J connectivity index is 1.27. The number of anilines is 3. The molecule has 0 bridgehead atoms. The summed E-state index contributed by atoms with van der Waals surface area (Å²) < 4.78 is 8.12. The maximum absolute atomic E-state index is 2.73. The molecule has 2 nitrogen and oxygen atoms in total. The van der Waals surface area contributed by atoms with Gasteiger partial charge in [0.25, 0.3) is 0 Å². The highest BCUT2D eigenvalue weighted by Gasteiger charge is 2.44. The molecule has 0 amide bonds. The van der Waals surface area contributed by atoms with Gasteiger partial charge in [-0.05, 0) is 81.9 Å². The van der Waals surface area contributed by atoms with E-state index in [1.165, 1.54) is 113 Å². The Labute approximate surface area is 322 Å². The summed E-state index contributed by atoms with van der Waals surface area (Å²) in [5.74, 6) is 0. The summed E-state index contributed by atoms with van der Waals surface area (Å²) in [4.78, 5) is 2.62. The van der Waals surface area contributed by atoms with Crippen LogP contribution in [0, 0.1) is 6.92 Å². The Morgan fingerprint density at radius 1 is 0.519 bits per heavy atom. The number of thiophene rings is 2. The van der Waals surface area contributed by atoms with Crippen molar-refractivity contribution in [2.24, 2.45) is 0 Å². The Kier molecular flexibility index (Phi) is 6.13. The van der Waals surface area contributed by atoms with E-state index in [9.17, 15) is 0 Å². The number of hydrogen-bond acceptors (Lipinski definition) is 3. The molecule has 2 aliphatic rings. The van der Waals surface area contributed by atoms with Gasteiger partial charge in [0.2, 0.25) is 0 Å². The van der Waals surface area contributed by atoms with E-state index in [2.05, 4.69) is 177 Å². The Bertz CT molecular complexity index is 3230. The summed E-state index contributed by atoms with van der Waals surface area (Å²) in [5.41, 5.74) is 17.0. The van der Waals surface area contributed by atoms with E-state index in [4.69, 9.17) is 0 Å². The molecule has 2 aliphatic heterocycles. The molecule has 3 aromatic heterocycles. The van der Waals surface area contributed by atoms with Gasteiger partial charge < -0.3 is 9.38 Å². The van der Waals surface area contributed by atoms with E-state index in [-0.39, 0.29) is 12.3 Å². The first-order valence-corrected chi connectivity index (χ1v) is 20.5. The predicted octanol–water partition coefficient (Wildman–Crippen LogP) is 13.1. The molecule has 12 rings (SSSR count). The van der Waals surface area contributed by atoms with Gasteiger partial charge in [0, 0.05) is 63.7 Å². The molecular formula is C49H35BN2S2. The van der Waals surface area contributed by atoms with E-state index in [0.717, 1.165) is 0 Å². The number of fused-ring (bicyclic) bond motifs is 12. The van der Waals surface area contributed by atoms with Crippen molar-refractivity contribution in [3.63, 3.8) is 0 Å². The zero-order valence-corrected chi connectivity index (χ0v) is 32.2. The summed E-state index contributed by atoms with van der Waals surface area (Å²) in [6, 6.07) is 53.1. The average molecular weight is 727 g/mol. The van der Waals surface area contributed by atoms with Gasteiger partial charge in [0.1, 0.15) is 0 Å². The molecule has 0 fully saturated rings. The molecule has 7 aromatic carbocycles. The Morgan fingerprint density at radius 3 is 2.07 bits per heavy atom. The maximum atomic E-state index is 2.73. The van der Waals surface area contributed by atoms with Crippen LogP contribution < -0.4 is 15.8 Å². The van der Waals surface area contributed by atoms with Crippen molar-refractivity contribution in [2.75, 3.05) is 4.90 Å². The van der Waals surface area contributed by atoms with Crippen LogP contribution in [0.25, 0.3) is 73.6 Å². The largest absolute Gasteiger partial charge is 0.374 e. The lowest BCUT2D eigenvalue weighted by Gasteiger charge is -2.41. The molecule has 0 atom stereocenters. The fourth-order valence-corrected chi connectivity index (χ4v) is 11.9. The minimum absolute atomic E-state index is 0.00634. The monoisotopic (exact) mass is 726 g/mol. The standard InChI is InChI=1S/C49H35BN2S2/c1-28-23-37-32-17-12-18-34-46(32)52(47-33-16-9-11-20-43(33)54-48(34)47)50-38-26-36-31-15-8-10-19-42(31)53-44(36)27-40(38)51(41(24-28)45(37)50)39-22-21-30(49(2,3)4)25-35(39)29-13-6-5-7-14-29/h5-27H,1-4H3. The quantitative estimate of drug-likeness (QED) is 0.161.